The fourth-order valence-corrected chi connectivity index (χ4v) is 4.03. The van der Waals surface area contributed by atoms with Crippen molar-refractivity contribution in [3.05, 3.63) is 39.9 Å². The summed E-state index contributed by atoms with van der Waals surface area (Å²) < 4.78 is 26.0. The molecule has 1 saturated heterocycles. The maximum atomic E-state index is 12.4. The Bertz CT molecular complexity index is 681. The van der Waals surface area contributed by atoms with Crippen LogP contribution < -0.4 is 0 Å². The van der Waals surface area contributed by atoms with Gasteiger partial charge >= 0.3 is 0 Å². The van der Waals surface area contributed by atoms with Crippen molar-refractivity contribution in [3.8, 4) is 6.07 Å². The second kappa shape index (κ2) is 6.20. The fourth-order valence-electron chi connectivity index (χ4n) is 2.40. The molecule has 1 aromatic carbocycles. The van der Waals surface area contributed by atoms with Crippen molar-refractivity contribution in [1.29, 1.82) is 5.26 Å². The summed E-state index contributed by atoms with van der Waals surface area (Å²) in [6, 6.07) is 7.90. The minimum Gasteiger partial charge on any atom is -0.258 e. The quantitative estimate of drug-likeness (QED) is 0.621. The number of hydrogen-bond donors (Lipinski definition) is 0. The lowest BCUT2D eigenvalue weighted by molar-refractivity contribution is -0.385. The summed E-state index contributed by atoms with van der Waals surface area (Å²) in [6.45, 7) is 0.528. The Hall–Kier alpha value is -1.98. The second-order valence-electron chi connectivity index (χ2n) is 4.97. The molecule has 0 N–H and O–H groups in total. The van der Waals surface area contributed by atoms with E-state index in [0.717, 1.165) is 0 Å². The molecule has 7 nitrogen and oxygen atoms in total. The first-order chi connectivity index (χ1) is 9.94. The van der Waals surface area contributed by atoms with E-state index in [1.165, 1.54) is 22.5 Å². The molecule has 1 aliphatic heterocycles. The first-order valence-corrected chi connectivity index (χ1v) is 8.14. The van der Waals surface area contributed by atoms with Crippen LogP contribution in [0.15, 0.2) is 24.3 Å². The van der Waals surface area contributed by atoms with E-state index in [9.17, 15) is 18.5 Å². The Kier molecular flexibility index (Phi) is 4.55. The Morgan fingerprint density at radius 3 is 2.81 bits per heavy atom. The van der Waals surface area contributed by atoms with Gasteiger partial charge in [-0.3, -0.25) is 10.1 Å². The molecular formula is C13H15N3O4S. The summed E-state index contributed by atoms with van der Waals surface area (Å²) in [7, 11) is -3.66. The van der Waals surface area contributed by atoms with E-state index in [0.29, 0.717) is 19.4 Å². The summed E-state index contributed by atoms with van der Waals surface area (Å²) in [5.74, 6) is -0.721. The monoisotopic (exact) mass is 309 g/mol. The highest BCUT2D eigenvalue weighted by atomic mass is 32.2. The van der Waals surface area contributed by atoms with Crippen LogP contribution in [0.25, 0.3) is 0 Å². The second-order valence-corrected chi connectivity index (χ2v) is 6.94. The highest BCUT2D eigenvalue weighted by Gasteiger charge is 2.30. The molecule has 1 heterocycles. The van der Waals surface area contributed by atoms with Gasteiger partial charge in [0, 0.05) is 24.7 Å². The number of para-hydroxylation sites is 1. The maximum absolute atomic E-state index is 12.4. The molecule has 0 amide bonds. The van der Waals surface area contributed by atoms with Crippen molar-refractivity contribution >= 4 is 15.7 Å². The van der Waals surface area contributed by atoms with Crippen molar-refractivity contribution < 1.29 is 13.3 Å². The minimum atomic E-state index is -3.66. The van der Waals surface area contributed by atoms with E-state index in [1.807, 2.05) is 0 Å². The van der Waals surface area contributed by atoms with Gasteiger partial charge in [-0.2, -0.15) is 5.26 Å². The molecule has 2 rings (SSSR count). The predicted octanol–water partition coefficient (Wildman–Crippen LogP) is 1.66. The number of nitro benzene ring substituents is 1. The molecule has 1 fully saturated rings. The zero-order valence-electron chi connectivity index (χ0n) is 11.3. The number of piperidine rings is 1. The molecule has 0 bridgehead atoms. The van der Waals surface area contributed by atoms with E-state index < -0.39 is 20.7 Å². The van der Waals surface area contributed by atoms with Gasteiger partial charge in [-0.25, -0.2) is 12.7 Å². The molecular weight excluding hydrogens is 294 g/mol. The van der Waals surface area contributed by atoms with E-state index in [4.69, 9.17) is 5.26 Å². The van der Waals surface area contributed by atoms with Crippen LogP contribution in [0, 0.1) is 27.4 Å². The highest BCUT2D eigenvalue weighted by Crippen LogP contribution is 2.24. The molecule has 1 atom stereocenters. The van der Waals surface area contributed by atoms with Gasteiger partial charge in [0.25, 0.3) is 5.69 Å². The lowest BCUT2D eigenvalue weighted by Gasteiger charge is -2.28. The van der Waals surface area contributed by atoms with Gasteiger partial charge < -0.3 is 0 Å². The number of rotatable bonds is 4. The average molecular weight is 309 g/mol. The topological polar surface area (TPSA) is 104 Å². The first kappa shape index (κ1) is 15.4. The number of sulfonamides is 1. The van der Waals surface area contributed by atoms with Crippen LogP contribution in [-0.4, -0.2) is 30.7 Å². The van der Waals surface area contributed by atoms with Crippen LogP contribution >= 0.6 is 0 Å². The largest absolute Gasteiger partial charge is 0.273 e. The molecule has 1 unspecified atom stereocenters. The van der Waals surface area contributed by atoms with Crippen molar-refractivity contribution in [2.75, 3.05) is 13.1 Å². The SMILES string of the molecule is N#CC1CCCN(S(=O)(=O)Cc2ccccc2[N+](=O)[O-])C1. The van der Waals surface area contributed by atoms with E-state index in [-0.39, 0.29) is 23.7 Å². The number of nitro groups is 1. The molecule has 0 aliphatic carbocycles. The van der Waals surface area contributed by atoms with Gasteiger partial charge in [-0.05, 0) is 12.8 Å². The van der Waals surface area contributed by atoms with E-state index in [2.05, 4.69) is 6.07 Å². The molecule has 112 valence electrons. The molecule has 8 heteroatoms. The summed E-state index contributed by atoms with van der Waals surface area (Å²) in [4.78, 5) is 10.4. The van der Waals surface area contributed by atoms with Gasteiger partial charge in [0.1, 0.15) is 0 Å². The fraction of sp³-hybridized carbons (Fsp3) is 0.462. The van der Waals surface area contributed by atoms with Crippen LogP contribution in [0.4, 0.5) is 5.69 Å². The number of benzene rings is 1. The third-order valence-electron chi connectivity index (χ3n) is 3.49. The summed E-state index contributed by atoms with van der Waals surface area (Å²) in [6.07, 6.45) is 1.32. The smallest absolute Gasteiger partial charge is 0.258 e. The average Bonchev–Trinajstić information content (AvgIpc) is 2.47. The molecule has 0 spiro atoms. The molecule has 0 saturated carbocycles. The van der Waals surface area contributed by atoms with Crippen LogP contribution in [0.3, 0.4) is 0 Å². The van der Waals surface area contributed by atoms with Gasteiger partial charge in [0.05, 0.1) is 22.7 Å². The summed E-state index contributed by atoms with van der Waals surface area (Å²) >= 11 is 0. The van der Waals surface area contributed by atoms with Crippen molar-refractivity contribution in [3.63, 3.8) is 0 Å². The van der Waals surface area contributed by atoms with Crippen LogP contribution in [0.5, 0.6) is 0 Å². The van der Waals surface area contributed by atoms with Gasteiger partial charge in [-0.15, -0.1) is 0 Å². The third-order valence-corrected chi connectivity index (χ3v) is 5.28. The molecule has 1 aliphatic rings. The minimum absolute atomic E-state index is 0.166. The van der Waals surface area contributed by atoms with Gasteiger partial charge in [0.2, 0.25) is 10.0 Å². The Labute approximate surface area is 123 Å². The van der Waals surface area contributed by atoms with Crippen molar-refractivity contribution in [2.45, 2.75) is 18.6 Å². The van der Waals surface area contributed by atoms with Crippen LogP contribution in [-0.2, 0) is 15.8 Å². The lowest BCUT2D eigenvalue weighted by atomic mass is 10.0. The number of nitrogens with zero attached hydrogens (tertiary/aromatic N) is 3. The van der Waals surface area contributed by atoms with Crippen molar-refractivity contribution in [2.24, 2.45) is 5.92 Å². The Morgan fingerprint density at radius 1 is 1.43 bits per heavy atom. The van der Waals surface area contributed by atoms with Gasteiger partial charge in [-0.1, -0.05) is 18.2 Å². The zero-order valence-corrected chi connectivity index (χ0v) is 12.1. The third kappa shape index (κ3) is 3.56. The van der Waals surface area contributed by atoms with Crippen LogP contribution in [0.2, 0.25) is 0 Å². The maximum Gasteiger partial charge on any atom is 0.273 e. The van der Waals surface area contributed by atoms with Crippen LogP contribution in [0.1, 0.15) is 18.4 Å². The lowest BCUT2D eigenvalue weighted by Crippen LogP contribution is -2.40. The Balaban J connectivity index is 2.22. The van der Waals surface area contributed by atoms with Gasteiger partial charge in [0.15, 0.2) is 0 Å². The highest BCUT2D eigenvalue weighted by molar-refractivity contribution is 7.88. The standard InChI is InChI=1S/C13H15N3O4S/c14-8-11-4-3-7-15(9-11)21(19,20)10-12-5-1-2-6-13(12)16(17)18/h1-2,5-6,11H,3-4,7,9-10H2. The van der Waals surface area contributed by atoms with E-state index in [1.54, 1.807) is 6.07 Å². The van der Waals surface area contributed by atoms with Crippen molar-refractivity contribution in [1.82, 2.24) is 4.31 Å². The first-order valence-electron chi connectivity index (χ1n) is 6.54. The predicted molar refractivity (Wildman–Crippen MR) is 75.6 cm³/mol. The summed E-state index contributed by atoms with van der Waals surface area (Å²) in [5.41, 5.74) is -0.0310. The molecule has 0 aromatic heterocycles. The summed E-state index contributed by atoms with van der Waals surface area (Å²) in [5, 5.41) is 19.9. The molecule has 0 radical (unpaired) electrons. The van der Waals surface area contributed by atoms with E-state index >= 15 is 0 Å². The Morgan fingerprint density at radius 2 is 2.14 bits per heavy atom. The normalized spacial score (nSPS) is 19.9. The molecule has 1 aromatic rings. The number of hydrogen-bond acceptors (Lipinski definition) is 5. The number of nitriles is 1. The molecule has 21 heavy (non-hydrogen) atoms. The zero-order chi connectivity index (χ0) is 15.5.